The van der Waals surface area contributed by atoms with Crippen molar-refractivity contribution in [2.75, 3.05) is 11.9 Å². The highest BCUT2D eigenvalue weighted by Gasteiger charge is 2.18. The monoisotopic (exact) mass is 449 g/mol. The lowest BCUT2D eigenvalue weighted by Crippen LogP contribution is -2.21. The standard InChI is InChI=1S/C21H14Cl3NO4/c22-13-9-10-18(29-14-5-2-1-3-6-14)17(11-13)25-19(26)12-28-21(27)20-15(23)7-4-8-16(20)24/h1-11H,12H2,(H,25,26). The number of anilines is 1. The van der Waals surface area contributed by atoms with Crippen LogP contribution in [0.1, 0.15) is 10.4 Å². The topological polar surface area (TPSA) is 64.6 Å². The molecule has 0 aliphatic rings. The highest BCUT2D eigenvalue weighted by Crippen LogP contribution is 2.32. The number of halogens is 3. The molecule has 0 heterocycles. The molecule has 3 aromatic carbocycles. The zero-order valence-electron chi connectivity index (χ0n) is 14.8. The van der Waals surface area contributed by atoms with Crippen molar-refractivity contribution in [2.24, 2.45) is 0 Å². The molecule has 148 valence electrons. The van der Waals surface area contributed by atoms with Gasteiger partial charge in [0.15, 0.2) is 12.4 Å². The van der Waals surface area contributed by atoms with Gasteiger partial charge in [0, 0.05) is 5.02 Å². The number of hydrogen-bond acceptors (Lipinski definition) is 4. The van der Waals surface area contributed by atoms with Crippen LogP contribution < -0.4 is 10.1 Å². The molecule has 0 unspecified atom stereocenters. The van der Waals surface area contributed by atoms with Gasteiger partial charge in [0.2, 0.25) is 0 Å². The Morgan fingerprint density at radius 3 is 2.24 bits per heavy atom. The molecule has 0 aromatic heterocycles. The number of rotatable bonds is 6. The van der Waals surface area contributed by atoms with Crippen LogP contribution in [0.5, 0.6) is 11.5 Å². The smallest absolute Gasteiger partial charge is 0.341 e. The Hall–Kier alpha value is -2.73. The van der Waals surface area contributed by atoms with Crippen LogP contribution in [-0.2, 0) is 9.53 Å². The third-order valence-electron chi connectivity index (χ3n) is 3.69. The lowest BCUT2D eigenvalue weighted by molar-refractivity contribution is -0.119. The Balaban J connectivity index is 1.67. The van der Waals surface area contributed by atoms with Gasteiger partial charge in [-0.05, 0) is 42.5 Å². The predicted molar refractivity (Wildman–Crippen MR) is 113 cm³/mol. The van der Waals surface area contributed by atoms with E-state index in [0.29, 0.717) is 22.2 Å². The van der Waals surface area contributed by atoms with Crippen LogP contribution in [-0.4, -0.2) is 18.5 Å². The van der Waals surface area contributed by atoms with E-state index in [4.69, 9.17) is 44.3 Å². The van der Waals surface area contributed by atoms with Gasteiger partial charge in [0.1, 0.15) is 5.75 Å². The third-order valence-corrected chi connectivity index (χ3v) is 4.55. The number of carbonyl (C=O) groups is 2. The quantitative estimate of drug-likeness (QED) is 0.452. The van der Waals surface area contributed by atoms with Crippen LogP contribution in [0, 0.1) is 0 Å². The molecule has 0 spiro atoms. The summed E-state index contributed by atoms with van der Waals surface area (Å²) in [5, 5.41) is 3.29. The molecule has 0 aliphatic heterocycles. The highest BCUT2D eigenvalue weighted by molar-refractivity contribution is 6.39. The minimum atomic E-state index is -0.803. The van der Waals surface area contributed by atoms with Crippen molar-refractivity contribution in [3.63, 3.8) is 0 Å². The first-order valence-corrected chi connectivity index (χ1v) is 9.51. The van der Waals surface area contributed by atoms with E-state index >= 15 is 0 Å². The fourth-order valence-electron chi connectivity index (χ4n) is 2.39. The first-order valence-electron chi connectivity index (χ1n) is 8.37. The summed E-state index contributed by atoms with van der Waals surface area (Å²) in [5.74, 6) is -0.413. The van der Waals surface area contributed by atoms with Crippen LogP contribution in [0.25, 0.3) is 0 Å². The Kier molecular flexibility index (Phi) is 6.99. The van der Waals surface area contributed by atoms with Crippen LogP contribution >= 0.6 is 34.8 Å². The van der Waals surface area contributed by atoms with Crippen molar-refractivity contribution >= 4 is 52.4 Å². The molecule has 0 bridgehead atoms. The maximum Gasteiger partial charge on any atom is 0.341 e. The summed E-state index contributed by atoms with van der Waals surface area (Å²) >= 11 is 18.0. The third kappa shape index (κ3) is 5.64. The number of benzene rings is 3. The van der Waals surface area contributed by atoms with E-state index in [1.165, 1.54) is 18.2 Å². The first kappa shape index (κ1) is 21.0. The van der Waals surface area contributed by atoms with Gasteiger partial charge >= 0.3 is 5.97 Å². The molecule has 0 fully saturated rings. The summed E-state index contributed by atoms with van der Waals surface area (Å²) < 4.78 is 10.8. The number of amides is 1. The summed E-state index contributed by atoms with van der Waals surface area (Å²) in [6, 6.07) is 18.4. The zero-order chi connectivity index (χ0) is 20.8. The van der Waals surface area contributed by atoms with E-state index in [9.17, 15) is 9.59 Å². The van der Waals surface area contributed by atoms with Gasteiger partial charge < -0.3 is 14.8 Å². The van der Waals surface area contributed by atoms with Gasteiger partial charge in [-0.1, -0.05) is 59.1 Å². The zero-order valence-corrected chi connectivity index (χ0v) is 17.1. The van der Waals surface area contributed by atoms with E-state index in [0.717, 1.165) is 0 Å². The Morgan fingerprint density at radius 1 is 0.862 bits per heavy atom. The van der Waals surface area contributed by atoms with E-state index < -0.39 is 18.5 Å². The molecule has 0 saturated heterocycles. The van der Waals surface area contributed by atoms with Crippen LogP contribution in [0.3, 0.4) is 0 Å². The molecule has 5 nitrogen and oxygen atoms in total. The Morgan fingerprint density at radius 2 is 1.55 bits per heavy atom. The van der Waals surface area contributed by atoms with E-state index in [2.05, 4.69) is 5.32 Å². The molecule has 1 amide bonds. The van der Waals surface area contributed by atoms with E-state index in [1.807, 2.05) is 18.2 Å². The summed E-state index contributed by atoms with van der Waals surface area (Å²) in [6.07, 6.45) is 0. The summed E-state index contributed by atoms with van der Waals surface area (Å²) in [7, 11) is 0. The van der Waals surface area contributed by atoms with Crippen molar-refractivity contribution in [1.29, 1.82) is 0 Å². The molecule has 3 rings (SSSR count). The normalized spacial score (nSPS) is 10.3. The molecule has 0 aliphatic carbocycles. The second-order valence-corrected chi connectivity index (χ2v) is 7.03. The molecule has 0 atom stereocenters. The van der Waals surface area contributed by atoms with Crippen LogP contribution in [0.4, 0.5) is 5.69 Å². The number of ether oxygens (including phenoxy) is 2. The molecule has 0 saturated carbocycles. The summed E-state index contributed by atoms with van der Waals surface area (Å²) in [5.41, 5.74) is 0.331. The van der Waals surface area contributed by atoms with Crippen molar-refractivity contribution in [3.05, 3.63) is 87.4 Å². The predicted octanol–water partition coefficient (Wildman–Crippen LogP) is 6.23. The summed E-state index contributed by atoms with van der Waals surface area (Å²) in [4.78, 5) is 24.5. The maximum atomic E-state index is 12.3. The largest absolute Gasteiger partial charge is 0.455 e. The molecule has 3 aromatic rings. The van der Waals surface area contributed by atoms with Crippen molar-refractivity contribution in [1.82, 2.24) is 0 Å². The molecule has 29 heavy (non-hydrogen) atoms. The summed E-state index contributed by atoms with van der Waals surface area (Å²) in [6.45, 7) is -0.544. The van der Waals surface area contributed by atoms with Gasteiger partial charge in [-0.15, -0.1) is 0 Å². The second-order valence-electron chi connectivity index (χ2n) is 5.78. The van der Waals surface area contributed by atoms with Crippen molar-refractivity contribution < 1.29 is 19.1 Å². The maximum absolute atomic E-state index is 12.3. The lowest BCUT2D eigenvalue weighted by atomic mass is 10.2. The Labute approximate surface area is 182 Å². The average molecular weight is 451 g/mol. The lowest BCUT2D eigenvalue weighted by Gasteiger charge is -2.13. The minimum Gasteiger partial charge on any atom is -0.455 e. The number of para-hydroxylation sites is 1. The second kappa shape index (κ2) is 9.65. The highest BCUT2D eigenvalue weighted by atomic mass is 35.5. The van der Waals surface area contributed by atoms with Gasteiger partial charge in [0.05, 0.1) is 21.3 Å². The van der Waals surface area contributed by atoms with Gasteiger partial charge in [-0.2, -0.15) is 0 Å². The average Bonchev–Trinajstić information content (AvgIpc) is 2.69. The number of carbonyl (C=O) groups excluding carboxylic acids is 2. The Bertz CT molecular complexity index is 1020. The first-order chi connectivity index (χ1) is 13.9. The van der Waals surface area contributed by atoms with Crippen molar-refractivity contribution in [2.45, 2.75) is 0 Å². The van der Waals surface area contributed by atoms with Gasteiger partial charge in [-0.25, -0.2) is 4.79 Å². The van der Waals surface area contributed by atoms with Gasteiger partial charge in [0.25, 0.3) is 5.91 Å². The molecule has 0 radical (unpaired) electrons. The number of nitrogens with one attached hydrogen (secondary N) is 1. The molecular formula is C21H14Cl3NO4. The molecule has 1 N–H and O–H groups in total. The van der Waals surface area contributed by atoms with Crippen molar-refractivity contribution in [3.8, 4) is 11.5 Å². The fraction of sp³-hybridized carbons (Fsp3) is 0.0476. The SMILES string of the molecule is O=C(COC(=O)c1c(Cl)cccc1Cl)Nc1cc(Cl)ccc1Oc1ccccc1. The van der Waals surface area contributed by atoms with E-state index in [-0.39, 0.29) is 15.6 Å². The number of esters is 1. The minimum absolute atomic E-state index is 0.000473. The van der Waals surface area contributed by atoms with Crippen LogP contribution in [0.15, 0.2) is 66.7 Å². The van der Waals surface area contributed by atoms with Gasteiger partial charge in [-0.3, -0.25) is 4.79 Å². The van der Waals surface area contributed by atoms with E-state index in [1.54, 1.807) is 30.3 Å². The molecule has 8 heteroatoms. The van der Waals surface area contributed by atoms with Crippen LogP contribution in [0.2, 0.25) is 15.1 Å². The molecular weight excluding hydrogens is 437 g/mol. The fourth-order valence-corrected chi connectivity index (χ4v) is 3.11. The number of hydrogen-bond donors (Lipinski definition) is 1.